The van der Waals surface area contributed by atoms with Crippen LogP contribution in [0, 0.1) is 0 Å². The molecule has 0 radical (unpaired) electrons. The molecule has 0 fully saturated rings. The average Bonchev–Trinajstić information content (AvgIpc) is 3.42. The number of amides is 2. The highest BCUT2D eigenvalue weighted by Crippen LogP contribution is 2.14. The Labute approximate surface area is 173 Å². The van der Waals surface area contributed by atoms with Crippen molar-refractivity contribution < 1.29 is 9.59 Å². The number of aromatic nitrogens is 4. The van der Waals surface area contributed by atoms with E-state index in [4.69, 9.17) is 0 Å². The zero-order valence-corrected chi connectivity index (χ0v) is 16.3. The van der Waals surface area contributed by atoms with Crippen LogP contribution < -0.4 is 10.6 Å². The topological polar surface area (TPSA) is 93.8 Å². The maximum Gasteiger partial charge on any atom is 0.256 e. The smallest absolute Gasteiger partial charge is 0.256 e. The average molecular weight is 400 g/mol. The van der Waals surface area contributed by atoms with Crippen molar-refractivity contribution in [3.05, 3.63) is 96.2 Å². The van der Waals surface area contributed by atoms with Crippen LogP contribution >= 0.6 is 0 Å². The molecule has 0 spiro atoms. The number of carbonyl (C=O) groups excluding carboxylic acids is 2. The van der Waals surface area contributed by atoms with Gasteiger partial charge in [-0.05, 0) is 42.0 Å². The van der Waals surface area contributed by atoms with Gasteiger partial charge in [0.2, 0.25) is 0 Å². The van der Waals surface area contributed by atoms with E-state index >= 15 is 0 Å². The Morgan fingerprint density at radius 3 is 2.37 bits per heavy atom. The highest BCUT2D eigenvalue weighted by Gasteiger charge is 2.17. The molecule has 8 heteroatoms. The summed E-state index contributed by atoms with van der Waals surface area (Å²) in [6, 6.07) is 14.3. The minimum Gasteiger partial charge on any atom is -0.348 e. The molecule has 0 aliphatic carbocycles. The predicted molar refractivity (Wildman–Crippen MR) is 112 cm³/mol. The molecule has 0 saturated carbocycles. The van der Waals surface area contributed by atoms with Crippen LogP contribution in [-0.4, -0.2) is 31.1 Å². The van der Waals surface area contributed by atoms with Gasteiger partial charge < -0.3 is 15.2 Å². The molecule has 0 aliphatic heterocycles. The van der Waals surface area contributed by atoms with Crippen molar-refractivity contribution in [3.8, 4) is 5.82 Å². The molecule has 8 nitrogen and oxygen atoms in total. The van der Waals surface area contributed by atoms with Gasteiger partial charge in [-0.25, -0.2) is 0 Å². The third-order valence-electron chi connectivity index (χ3n) is 4.61. The summed E-state index contributed by atoms with van der Waals surface area (Å²) in [5.41, 5.74) is 2.59. The van der Waals surface area contributed by atoms with Crippen molar-refractivity contribution in [3.63, 3.8) is 0 Å². The Kier molecular flexibility index (Phi) is 5.38. The minimum atomic E-state index is -0.216. The zero-order valence-electron chi connectivity index (χ0n) is 16.3. The van der Waals surface area contributed by atoms with Gasteiger partial charge in [0.25, 0.3) is 11.8 Å². The molecule has 3 aromatic heterocycles. The number of rotatable bonds is 6. The van der Waals surface area contributed by atoms with E-state index in [0.29, 0.717) is 29.2 Å². The second-order valence-electron chi connectivity index (χ2n) is 6.67. The molecule has 0 unspecified atom stereocenters. The first-order valence-corrected chi connectivity index (χ1v) is 9.35. The molecule has 0 atom stereocenters. The maximum absolute atomic E-state index is 12.7. The molecule has 0 bridgehead atoms. The molecular formula is C22H20N6O2. The third-order valence-corrected chi connectivity index (χ3v) is 4.61. The van der Waals surface area contributed by atoms with Gasteiger partial charge in [-0.15, -0.1) is 0 Å². The first-order valence-electron chi connectivity index (χ1n) is 9.35. The van der Waals surface area contributed by atoms with E-state index in [1.165, 1.54) is 0 Å². The van der Waals surface area contributed by atoms with Crippen LogP contribution in [0.2, 0.25) is 0 Å². The van der Waals surface area contributed by atoms with Crippen molar-refractivity contribution >= 4 is 17.5 Å². The van der Waals surface area contributed by atoms with Crippen molar-refractivity contribution in [1.29, 1.82) is 0 Å². The van der Waals surface area contributed by atoms with Crippen LogP contribution in [0.1, 0.15) is 26.3 Å². The number of nitrogens with one attached hydrogen (secondary N) is 2. The van der Waals surface area contributed by atoms with E-state index in [1.807, 2.05) is 41.2 Å². The van der Waals surface area contributed by atoms with Crippen LogP contribution in [0.15, 0.2) is 79.5 Å². The van der Waals surface area contributed by atoms with Gasteiger partial charge in [0.05, 0.1) is 6.20 Å². The number of nitrogens with zero attached hydrogens (tertiary/aromatic N) is 4. The van der Waals surface area contributed by atoms with Crippen LogP contribution in [0.4, 0.5) is 5.69 Å². The largest absolute Gasteiger partial charge is 0.348 e. The van der Waals surface area contributed by atoms with E-state index in [9.17, 15) is 9.59 Å². The van der Waals surface area contributed by atoms with Crippen LogP contribution in [0.25, 0.3) is 5.82 Å². The molecule has 4 aromatic rings. The number of carbonyl (C=O) groups is 2. The fraction of sp³-hybridized carbons (Fsp3) is 0.0909. The van der Waals surface area contributed by atoms with Gasteiger partial charge in [-0.3, -0.25) is 19.3 Å². The van der Waals surface area contributed by atoms with E-state index in [-0.39, 0.29) is 11.8 Å². The van der Waals surface area contributed by atoms with Gasteiger partial charge in [-0.1, -0.05) is 12.1 Å². The molecule has 0 saturated heterocycles. The molecular weight excluding hydrogens is 380 g/mol. The monoisotopic (exact) mass is 400 g/mol. The van der Waals surface area contributed by atoms with Gasteiger partial charge in [0.15, 0.2) is 0 Å². The van der Waals surface area contributed by atoms with Crippen molar-refractivity contribution in [1.82, 2.24) is 24.6 Å². The van der Waals surface area contributed by atoms with Crippen molar-refractivity contribution in [2.24, 2.45) is 7.05 Å². The number of pyridine rings is 1. The van der Waals surface area contributed by atoms with Crippen LogP contribution in [-0.2, 0) is 13.6 Å². The Morgan fingerprint density at radius 2 is 1.67 bits per heavy atom. The van der Waals surface area contributed by atoms with Crippen molar-refractivity contribution in [2.75, 3.05) is 5.32 Å². The lowest BCUT2D eigenvalue weighted by atomic mass is 10.1. The standard InChI is InChI=1S/C22H20N6O2/c1-27-22(28-12-2-3-13-28)19(15-25-27)21(30)24-14-16-4-6-17(7-5-16)20(29)26-18-8-10-23-11-9-18/h2-13,15H,14H2,1H3,(H,24,30)(H,23,26,29). The molecule has 3 heterocycles. The summed E-state index contributed by atoms with van der Waals surface area (Å²) in [6.07, 6.45) is 8.51. The quantitative estimate of drug-likeness (QED) is 0.520. The van der Waals surface area contributed by atoms with E-state index in [1.54, 1.807) is 54.6 Å². The molecule has 2 N–H and O–H groups in total. The SMILES string of the molecule is Cn1ncc(C(=O)NCc2ccc(C(=O)Nc3ccncc3)cc2)c1-n1cccc1. The Morgan fingerprint density at radius 1 is 0.967 bits per heavy atom. The molecule has 2 amide bonds. The zero-order chi connectivity index (χ0) is 20.9. The van der Waals surface area contributed by atoms with Gasteiger partial charge >= 0.3 is 0 Å². The summed E-state index contributed by atoms with van der Waals surface area (Å²) in [5, 5.41) is 9.92. The highest BCUT2D eigenvalue weighted by molar-refractivity contribution is 6.04. The fourth-order valence-electron chi connectivity index (χ4n) is 3.06. The lowest BCUT2D eigenvalue weighted by Gasteiger charge is -2.09. The van der Waals surface area contributed by atoms with Crippen LogP contribution in [0.3, 0.4) is 0 Å². The lowest BCUT2D eigenvalue weighted by Crippen LogP contribution is -2.24. The summed E-state index contributed by atoms with van der Waals surface area (Å²) in [4.78, 5) is 28.9. The van der Waals surface area contributed by atoms with Crippen molar-refractivity contribution in [2.45, 2.75) is 6.54 Å². The second kappa shape index (κ2) is 8.44. The van der Waals surface area contributed by atoms with Gasteiger partial charge in [0, 0.05) is 49.6 Å². The second-order valence-corrected chi connectivity index (χ2v) is 6.67. The lowest BCUT2D eigenvalue weighted by molar-refractivity contribution is 0.0949. The summed E-state index contributed by atoms with van der Waals surface area (Å²) in [7, 11) is 1.79. The Hall–Kier alpha value is -4.20. The van der Waals surface area contributed by atoms with E-state index in [0.717, 1.165) is 5.56 Å². The van der Waals surface area contributed by atoms with E-state index in [2.05, 4.69) is 20.7 Å². The molecule has 30 heavy (non-hydrogen) atoms. The molecule has 1 aromatic carbocycles. The van der Waals surface area contributed by atoms with E-state index < -0.39 is 0 Å². The Bertz CT molecular complexity index is 1150. The number of hydrogen-bond donors (Lipinski definition) is 2. The first kappa shape index (κ1) is 19.1. The predicted octanol–water partition coefficient (Wildman–Crippen LogP) is 2.79. The number of hydrogen-bond acceptors (Lipinski definition) is 4. The maximum atomic E-state index is 12.7. The third kappa shape index (κ3) is 4.12. The number of aryl methyl sites for hydroxylation is 1. The van der Waals surface area contributed by atoms with Gasteiger partial charge in [-0.2, -0.15) is 5.10 Å². The summed E-state index contributed by atoms with van der Waals surface area (Å²) >= 11 is 0. The summed E-state index contributed by atoms with van der Waals surface area (Å²) < 4.78 is 3.50. The minimum absolute atomic E-state index is 0.205. The normalized spacial score (nSPS) is 10.6. The molecule has 150 valence electrons. The molecule has 0 aliphatic rings. The van der Waals surface area contributed by atoms with Crippen LogP contribution in [0.5, 0.6) is 0 Å². The first-order chi connectivity index (χ1) is 14.6. The Balaban J connectivity index is 1.39. The number of anilines is 1. The highest BCUT2D eigenvalue weighted by atomic mass is 16.2. The fourth-order valence-corrected chi connectivity index (χ4v) is 3.06. The number of benzene rings is 1. The summed E-state index contributed by atoms with van der Waals surface area (Å²) in [5.74, 6) is 0.274. The summed E-state index contributed by atoms with van der Waals surface area (Å²) in [6.45, 7) is 0.338. The molecule has 4 rings (SSSR count). The van der Waals surface area contributed by atoms with Gasteiger partial charge in [0.1, 0.15) is 11.4 Å².